The maximum Gasteiger partial charge on any atom is 0.326 e. The van der Waals surface area contributed by atoms with Crippen LogP contribution >= 0.6 is 0 Å². The molecule has 0 spiro atoms. The molecule has 1 unspecified atom stereocenters. The summed E-state index contributed by atoms with van der Waals surface area (Å²) in [7, 11) is 0. The number of nitrogens with one attached hydrogen (secondary N) is 1. The predicted octanol–water partition coefficient (Wildman–Crippen LogP) is 3.12. The van der Waals surface area contributed by atoms with Crippen LogP contribution in [-0.2, 0) is 16.0 Å². The zero-order chi connectivity index (χ0) is 16.7. The van der Waals surface area contributed by atoms with E-state index in [1.807, 2.05) is 58.0 Å². The van der Waals surface area contributed by atoms with Crippen molar-refractivity contribution in [1.82, 2.24) is 5.32 Å². The second-order valence-corrected chi connectivity index (χ2v) is 6.57. The maximum absolute atomic E-state index is 12.5. The third kappa shape index (κ3) is 5.88. The van der Waals surface area contributed by atoms with Gasteiger partial charge in [-0.2, -0.15) is 0 Å². The number of aliphatic carboxylic acids is 1. The number of carboxylic acids is 1. The van der Waals surface area contributed by atoms with Gasteiger partial charge in [-0.25, -0.2) is 4.79 Å². The topological polar surface area (TPSA) is 66.4 Å². The molecule has 4 nitrogen and oxygen atoms in total. The average Bonchev–Trinajstić information content (AvgIpc) is 2.44. The number of hydrogen-bond acceptors (Lipinski definition) is 2. The first-order chi connectivity index (χ1) is 10.3. The van der Waals surface area contributed by atoms with E-state index in [1.165, 1.54) is 0 Å². The molecule has 2 atom stereocenters. The van der Waals surface area contributed by atoms with Gasteiger partial charge in [-0.1, -0.05) is 58.0 Å². The van der Waals surface area contributed by atoms with E-state index in [4.69, 9.17) is 0 Å². The fourth-order valence-electron chi connectivity index (χ4n) is 2.47. The van der Waals surface area contributed by atoms with Gasteiger partial charge in [-0.3, -0.25) is 4.79 Å². The molecule has 1 amide bonds. The highest BCUT2D eigenvalue weighted by molar-refractivity contribution is 5.85. The van der Waals surface area contributed by atoms with Crippen molar-refractivity contribution in [3.8, 4) is 0 Å². The van der Waals surface area contributed by atoms with Crippen molar-refractivity contribution in [2.24, 2.45) is 17.8 Å². The second-order valence-electron chi connectivity index (χ2n) is 6.57. The van der Waals surface area contributed by atoms with E-state index in [0.29, 0.717) is 12.8 Å². The Morgan fingerprint density at radius 3 is 2.14 bits per heavy atom. The van der Waals surface area contributed by atoms with Crippen molar-refractivity contribution >= 4 is 11.9 Å². The average molecular weight is 305 g/mol. The van der Waals surface area contributed by atoms with Gasteiger partial charge in [0.25, 0.3) is 0 Å². The van der Waals surface area contributed by atoms with Gasteiger partial charge in [0.05, 0.1) is 0 Å². The zero-order valence-corrected chi connectivity index (χ0v) is 13.9. The van der Waals surface area contributed by atoms with Crippen molar-refractivity contribution in [2.75, 3.05) is 0 Å². The Morgan fingerprint density at radius 1 is 1.09 bits per heavy atom. The standard InChI is InChI=1S/C18H27NO3/c1-12(2)10-16(18(21)22)19-17(20)15(13(3)4)11-14-8-6-5-7-9-14/h5-9,12-13,15-16H,10-11H2,1-4H3,(H,19,20)(H,21,22)/t15?,16-/m0/s1. The minimum absolute atomic E-state index is 0.147. The fraction of sp³-hybridized carbons (Fsp3) is 0.556. The molecular weight excluding hydrogens is 278 g/mol. The number of carbonyl (C=O) groups excluding carboxylic acids is 1. The van der Waals surface area contributed by atoms with Gasteiger partial charge >= 0.3 is 5.97 Å². The van der Waals surface area contributed by atoms with E-state index in [0.717, 1.165) is 5.56 Å². The summed E-state index contributed by atoms with van der Waals surface area (Å²) in [4.78, 5) is 23.8. The molecule has 4 heteroatoms. The smallest absolute Gasteiger partial charge is 0.326 e. The normalized spacial score (nSPS) is 13.9. The number of carboxylic acid groups (broad SMARTS) is 1. The lowest BCUT2D eigenvalue weighted by Gasteiger charge is -2.24. The minimum Gasteiger partial charge on any atom is -0.480 e. The minimum atomic E-state index is -0.968. The Labute approximate surface area is 132 Å². The van der Waals surface area contributed by atoms with Crippen LogP contribution in [-0.4, -0.2) is 23.0 Å². The molecule has 0 radical (unpaired) electrons. The predicted molar refractivity (Wildman–Crippen MR) is 87.5 cm³/mol. The van der Waals surface area contributed by atoms with Crippen LogP contribution in [0.4, 0.5) is 0 Å². The van der Waals surface area contributed by atoms with Crippen LogP contribution in [0.5, 0.6) is 0 Å². The molecule has 1 rings (SSSR count). The molecule has 2 N–H and O–H groups in total. The van der Waals surface area contributed by atoms with Crippen LogP contribution in [0.15, 0.2) is 30.3 Å². The quantitative estimate of drug-likeness (QED) is 0.775. The molecule has 1 aromatic carbocycles. The van der Waals surface area contributed by atoms with Gasteiger partial charge in [-0.05, 0) is 30.2 Å². The lowest BCUT2D eigenvalue weighted by Crippen LogP contribution is -2.45. The molecule has 122 valence electrons. The van der Waals surface area contributed by atoms with Crippen molar-refractivity contribution in [3.05, 3.63) is 35.9 Å². The highest BCUT2D eigenvalue weighted by Crippen LogP contribution is 2.18. The third-order valence-electron chi connectivity index (χ3n) is 3.76. The zero-order valence-electron chi connectivity index (χ0n) is 13.9. The molecular formula is C18H27NO3. The number of rotatable bonds is 8. The summed E-state index contributed by atoms with van der Waals surface area (Å²) in [6.45, 7) is 7.88. The number of benzene rings is 1. The molecule has 0 heterocycles. The Balaban J connectivity index is 2.78. The second kappa shape index (κ2) is 8.57. The van der Waals surface area contributed by atoms with E-state index < -0.39 is 12.0 Å². The highest BCUT2D eigenvalue weighted by atomic mass is 16.4. The molecule has 0 saturated heterocycles. The van der Waals surface area contributed by atoms with Crippen molar-refractivity contribution in [1.29, 1.82) is 0 Å². The van der Waals surface area contributed by atoms with E-state index in [9.17, 15) is 14.7 Å². The highest BCUT2D eigenvalue weighted by Gasteiger charge is 2.27. The SMILES string of the molecule is CC(C)C[C@H](NC(=O)C(Cc1ccccc1)C(C)C)C(=O)O. The Bertz CT molecular complexity index is 482. The number of carbonyl (C=O) groups is 2. The summed E-state index contributed by atoms with van der Waals surface area (Å²) in [6, 6.07) is 9.01. The molecule has 0 aliphatic heterocycles. The van der Waals surface area contributed by atoms with Crippen molar-refractivity contribution < 1.29 is 14.7 Å². The Hall–Kier alpha value is -1.84. The van der Waals surface area contributed by atoms with Crippen molar-refractivity contribution in [3.63, 3.8) is 0 Å². The summed E-state index contributed by atoms with van der Waals surface area (Å²) < 4.78 is 0. The number of amides is 1. The van der Waals surface area contributed by atoms with E-state index in [-0.39, 0.29) is 23.7 Å². The molecule has 0 aliphatic carbocycles. The maximum atomic E-state index is 12.5. The van der Waals surface area contributed by atoms with Crippen molar-refractivity contribution in [2.45, 2.75) is 46.6 Å². The van der Waals surface area contributed by atoms with E-state index in [2.05, 4.69) is 5.32 Å². The molecule has 0 fully saturated rings. The van der Waals surface area contributed by atoms with E-state index >= 15 is 0 Å². The number of hydrogen-bond donors (Lipinski definition) is 2. The molecule has 0 bridgehead atoms. The summed E-state index contributed by atoms with van der Waals surface area (Å²) in [5, 5.41) is 12.0. The molecule has 0 aromatic heterocycles. The third-order valence-corrected chi connectivity index (χ3v) is 3.76. The first-order valence-corrected chi connectivity index (χ1v) is 7.88. The van der Waals surface area contributed by atoms with Gasteiger partial charge in [0.1, 0.15) is 6.04 Å². The van der Waals surface area contributed by atoms with Crippen LogP contribution in [0.1, 0.15) is 39.7 Å². The Morgan fingerprint density at radius 2 is 1.68 bits per heavy atom. The lowest BCUT2D eigenvalue weighted by atomic mass is 9.88. The van der Waals surface area contributed by atoms with Crippen LogP contribution in [0, 0.1) is 17.8 Å². The lowest BCUT2D eigenvalue weighted by molar-refractivity contribution is -0.143. The fourth-order valence-corrected chi connectivity index (χ4v) is 2.47. The Kier molecular flexibility index (Phi) is 7.09. The summed E-state index contributed by atoms with van der Waals surface area (Å²) in [5.41, 5.74) is 1.09. The molecule has 1 aromatic rings. The van der Waals surface area contributed by atoms with Gasteiger partial charge in [0, 0.05) is 5.92 Å². The van der Waals surface area contributed by atoms with Gasteiger partial charge < -0.3 is 10.4 Å². The van der Waals surface area contributed by atoms with Gasteiger partial charge in [0.15, 0.2) is 0 Å². The van der Waals surface area contributed by atoms with Gasteiger partial charge in [0.2, 0.25) is 5.91 Å². The molecule has 0 saturated carbocycles. The molecule has 0 aliphatic rings. The van der Waals surface area contributed by atoms with Crippen LogP contribution in [0.25, 0.3) is 0 Å². The largest absolute Gasteiger partial charge is 0.480 e. The monoisotopic (exact) mass is 305 g/mol. The first-order valence-electron chi connectivity index (χ1n) is 7.88. The summed E-state index contributed by atoms with van der Waals surface area (Å²) in [5.74, 6) is -1.01. The molecule has 22 heavy (non-hydrogen) atoms. The summed E-state index contributed by atoms with van der Waals surface area (Å²) >= 11 is 0. The van der Waals surface area contributed by atoms with Gasteiger partial charge in [-0.15, -0.1) is 0 Å². The van der Waals surface area contributed by atoms with Crippen LogP contribution in [0.2, 0.25) is 0 Å². The van der Waals surface area contributed by atoms with Crippen LogP contribution in [0.3, 0.4) is 0 Å². The first kappa shape index (κ1) is 18.2. The summed E-state index contributed by atoms with van der Waals surface area (Å²) in [6.07, 6.45) is 1.07. The van der Waals surface area contributed by atoms with Crippen LogP contribution < -0.4 is 5.32 Å². The van der Waals surface area contributed by atoms with E-state index in [1.54, 1.807) is 0 Å².